The molecule has 0 saturated carbocycles. The van der Waals surface area contributed by atoms with E-state index in [4.69, 9.17) is 0 Å². The second-order valence-electron chi connectivity index (χ2n) is 12.3. The normalized spacial score (nSPS) is 15.9. The molecular weight excluding hydrogens is 635 g/mol. The second kappa shape index (κ2) is 13.0. The van der Waals surface area contributed by atoms with Gasteiger partial charge in [-0.15, -0.1) is 11.3 Å². The number of Topliss-reactive ketones (excluding diaryl/α,β-unsaturated/α-hetero) is 2. The highest BCUT2D eigenvalue weighted by molar-refractivity contribution is 7.14. The standard InChI is InChI=1S/C20H16O2.C18H17N7OS/c1-11-9-17-13(12(2)20(11)22)7-8-15-14-5-3-4-6-16(14)19(21)10-18(15)17;1-24(2)13-5-3-12(4-6-13)14-9-27-18(22-14)23-16(26)8-25-11-21-17-15(25)7-19-10-20-17/h3-12H,1-2H3;3-7,9-11H,8H2,1-2H3,(H,22,23,26). The molecule has 2 atom stereocenters. The average molecular weight is 668 g/mol. The van der Waals surface area contributed by atoms with E-state index in [0.29, 0.717) is 16.3 Å². The van der Waals surface area contributed by atoms with Gasteiger partial charge in [0.05, 0.1) is 18.2 Å². The molecule has 0 bridgehead atoms. The number of carbonyl (C=O) groups excluding carboxylic acids is 3. The number of anilines is 2. The van der Waals surface area contributed by atoms with Crippen LogP contribution in [-0.2, 0) is 16.1 Å². The fourth-order valence-electron chi connectivity index (χ4n) is 6.27. The van der Waals surface area contributed by atoms with Crippen LogP contribution in [0, 0.1) is 5.92 Å². The number of aromatic nitrogens is 5. The van der Waals surface area contributed by atoms with Gasteiger partial charge in [0.15, 0.2) is 16.6 Å². The van der Waals surface area contributed by atoms with Gasteiger partial charge in [-0.3, -0.25) is 14.4 Å². The molecule has 0 saturated heterocycles. The van der Waals surface area contributed by atoms with E-state index in [1.165, 1.54) is 17.7 Å². The Kier molecular flexibility index (Phi) is 8.43. The number of benzene rings is 3. The fraction of sp³-hybridized carbons (Fsp3) is 0.184. The molecule has 2 unspecified atom stereocenters. The number of rotatable bonds is 5. The van der Waals surface area contributed by atoms with Gasteiger partial charge in [0.1, 0.15) is 24.2 Å². The summed E-state index contributed by atoms with van der Waals surface area (Å²) in [5, 5.41) is 7.35. The first-order valence-electron chi connectivity index (χ1n) is 15.9. The Balaban J connectivity index is 0.000000157. The summed E-state index contributed by atoms with van der Waals surface area (Å²) in [5.41, 5.74) is 8.10. The molecule has 2 aliphatic carbocycles. The minimum absolute atomic E-state index is 0.0436. The third-order valence-electron chi connectivity index (χ3n) is 8.88. The zero-order valence-electron chi connectivity index (χ0n) is 27.4. The molecule has 244 valence electrons. The lowest BCUT2D eigenvalue weighted by atomic mass is 9.79. The van der Waals surface area contributed by atoms with Gasteiger partial charge < -0.3 is 14.8 Å². The minimum Gasteiger partial charge on any atom is -0.378 e. The topological polar surface area (TPSA) is 123 Å². The summed E-state index contributed by atoms with van der Waals surface area (Å²) in [5.74, 6) is -0.102. The van der Waals surface area contributed by atoms with E-state index in [1.54, 1.807) is 23.2 Å². The predicted octanol–water partition coefficient (Wildman–Crippen LogP) is 5.09. The van der Waals surface area contributed by atoms with Gasteiger partial charge >= 0.3 is 0 Å². The van der Waals surface area contributed by atoms with E-state index < -0.39 is 0 Å². The van der Waals surface area contributed by atoms with Crippen LogP contribution in [0.1, 0.15) is 35.7 Å². The van der Waals surface area contributed by atoms with Crippen molar-refractivity contribution in [3.8, 4) is 22.4 Å². The van der Waals surface area contributed by atoms with E-state index in [1.807, 2.05) is 105 Å². The van der Waals surface area contributed by atoms with Crippen LogP contribution >= 0.6 is 11.3 Å². The number of nitrogens with one attached hydrogen (secondary N) is 1. The second-order valence-corrected chi connectivity index (χ2v) is 13.2. The number of ketones is 2. The fourth-order valence-corrected chi connectivity index (χ4v) is 7.00. The summed E-state index contributed by atoms with van der Waals surface area (Å²) in [6.45, 7) is 4.01. The maximum atomic E-state index is 12.4. The van der Waals surface area contributed by atoms with Crippen molar-refractivity contribution in [2.75, 3.05) is 24.3 Å². The molecule has 11 heteroatoms. The maximum Gasteiger partial charge on any atom is 0.246 e. The minimum atomic E-state index is -0.179. The number of imidazole rings is 1. The zero-order chi connectivity index (χ0) is 34.2. The van der Waals surface area contributed by atoms with E-state index in [-0.39, 0.29) is 35.9 Å². The van der Waals surface area contributed by atoms with Gasteiger partial charge in [-0.25, -0.2) is 19.9 Å². The van der Waals surface area contributed by atoms with Crippen molar-refractivity contribution in [1.82, 2.24) is 24.5 Å². The van der Waals surface area contributed by atoms with Gasteiger partial charge in [0.25, 0.3) is 0 Å². The van der Waals surface area contributed by atoms with Crippen molar-refractivity contribution in [2.24, 2.45) is 5.92 Å². The van der Waals surface area contributed by atoms with Crippen molar-refractivity contribution >= 4 is 62.9 Å². The first-order chi connectivity index (χ1) is 23.7. The highest BCUT2D eigenvalue weighted by atomic mass is 32.1. The summed E-state index contributed by atoms with van der Waals surface area (Å²) >= 11 is 1.40. The van der Waals surface area contributed by atoms with E-state index >= 15 is 0 Å². The van der Waals surface area contributed by atoms with Crippen LogP contribution in [0.3, 0.4) is 0 Å². The Morgan fingerprint density at radius 3 is 2.49 bits per heavy atom. The summed E-state index contributed by atoms with van der Waals surface area (Å²) in [6.07, 6.45) is 8.39. The SMILES string of the molecule is CC1C=c2c(ccc3c2=CC(=O)c2ccccc2-3)C(C)C1=O.CN(C)c1ccc(-c2csc(NC(=O)Cn3cnc4ncncc43)n2)cc1. The zero-order valence-corrected chi connectivity index (χ0v) is 28.2. The lowest BCUT2D eigenvalue weighted by Gasteiger charge is -2.23. The molecule has 3 aromatic carbocycles. The number of nitrogens with zero attached hydrogens (tertiary/aromatic N) is 6. The third kappa shape index (κ3) is 6.16. The van der Waals surface area contributed by atoms with Gasteiger partial charge in [0.2, 0.25) is 5.91 Å². The monoisotopic (exact) mass is 667 g/mol. The highest BCUT2D eigenvalue weighted by Crippen LogP contribution is 2.28. The van der Waals surface area contributed by atoms with Crippen molar-refractivity contribution in [2.45, 2.75) is 26.3 Å². The molecule has 0 fully saturated rings. The van der Waals surface area contributed by atoms with Crippen molar-refractivity contribution in [3.63, 3.8) is 0 Å². The van der Waals surface area contributed by atoms with Crippen molar-refractivity contribution in [1.29, 1.82) is 0 Å². The Labute approximate surface area is 286 Å². The smallest absolute Gasteiger partial charge is 0.246 e. The lowest BCUT2D eigenvalue weighted by molar-refractivity contribution is -0.122. The molecule has 10 nitrogen and oxygen atoms in total. The molecule has 2 aliphatic rings. The summed E-state index contributed by atoms with van der Waals surface area (Å²) in [7, 11) is 4.00. The van der Waals surface area contributed by atoms with Gasteiger partial charge in [-0.05, 0) is 45.3 Å². The van der Waals surface area contributed by atoms with Gasteiger partial charge in [-0.1, -0.05) is 68.5 Å². The number of hydrogen-bond acceptors (Lipinski definition) is 9. The summed E-state index contributed by atoms with van der Waals surface area (Å²) < 4.78 is 1.71. The largest absolute Gasteiger partial charge is 0.378 e. The number of amides is 1. The molecule has 3 aromatic heterocycles. The van der Waals surface area contributed by atoms with Crippen LogP contribution in [0.2, 0.25) is 0 Å². The number of carbonyl (C=O) groups is 3. The molecule has 6 aromatic rings. The average Bonchev–Trinajstić information content (AvgIpc) is 3.75. The van der Waals surface area contributed by atoms with Crippen LogP contribution in [0.25, 0.3) is 45.7 Å². The van der Waals surface area contributed by atoms with Crippen LogP contribution in [0.4, 0.5) is 10.8 Å². The lowest BCUT2D eigenvalue weighted by Crippen LogP contribution is -2.40. The summed E-state index contributed by atoms with van der Waals surface area (Å²) in [6, 6.07) is 19.9. The van der Waals surface area contributed by atoms with Gasteiger partial charge in [-0.2, -0.15) is 0 Å². The Bertz CT molecular complexity index is 2380. The quantitative estimate of drug-likeness (QED) is 0.270. The highest BCUT2D eigenvalue weighted by Gasteiger charge is 2.27. The predicted molar refractivity (Wildman–Crippen MR) is 193 cm³/mol. The Morgan fingerprint density at radius 1 is 0.939 bits per heavy atom. The molecule has 49 heavy (non-hydrogen) atoms. The molecule has 3 heterocycles. The van der Waals surface area contributed by atoms with Crippen LogP contribution in [-0.4, -0.2) is 56.1 Å². The van der Waals surface area contributed by atoms with Crippen molar-refractivity contribution < 1.29 is 14.4 Å². The van der Waals surface area contributed by atoms with Crippen LogP contribution in [0.15, 0.2) is 84.9 Å². The van der Waals surface area contributed by atoms with Crippen molar-refractivity contribution in [3.05, 3.63) is 106 Å². The summed E-state index contributed by atoms with van der Waals surface area (Å²) in [4.78, 5) is 55.7. The first-order valence-corrected chi connectivity index (χ1v) is 16.7. The maximum absolute atomic E-state index is 12.4. The number of hydrogen-bond donors (Lipinski definition) is 1. The molecular formula is C38H33N7O3S. The molecule has 1 amide bonds. The van der Waals surface area contributed by atoms with E-state index in [9.17, 15) is 14.4 Å². The Hall–Kier alpha value is -5.81. The van der Waals surface area contributed by atoms with Crippen LogP contribution < -0.4 is 20.7 Å². The molecule has 1 N–H and O–H groups in total. The third-order valence-corrected chi connectivity index (χ3v) is 9.64. The molecule has 0 spiro atoms. The molecule has 8 rings (SSSR count). The van der Waals surface area contributed by atoms with E-state index in [0.717, 1.165) is 49.6 Å². The van der Waals surface area contributed by atoms with Gasteiger partial charge in [0, 0.05) is 48.1 Å². The van der Waals surface area contributed by atoms with E-state index in [2.05, 4.69) is 25.3 Å². The first kappa shape index (κ1) is 31.8. The number of fused-ring (bicyclic) bond motifs is 6. The number of thiazole rings is 1. The molecule has 0 radical (unpaired) electrons. The van der Waals surface area contributed by atoms with Crippen LogP contribution in [0.5, 0.6) is 0 Å². The molecule has 0 aliphatic heterocycles. The Morgan fingerprint density at radius 2 is 1.71 bits per heavy atom.